The third-order valence-electron chi connectivity index (χ3n) is 3.66. The number of H-pyrrole nitrogens is 1. The van der Waals surface area contributed by atoms with Gasteiger partial charge in [-0.3, -0.25) is 4.90 Å². The van der Waals surface area contributed by atoms with E-state index in [0.29, 0.717) is 35.9 Å². The van der Waals surface area contributed by atoms with Crippen LogP contribution < -0.4 is 15.6 Å². The molecule has 0 saturated heterocycles. The van der Waals surface area contributed by atoms with Crippen LogP contribution in [-0.2, 0) is 19.1 Å². The van der Waals surface area contributed by atoms with Crippen molar-refractivity contribution >= 4 is 22.2 Å². The van der Waals surface area contributed by atoms with Crippen LogP contribution in [-0.4, -0.2) is 6.54 Å². The van der Waals surface area contributed by atoms with Crippen LogP contribution in [0.25, 0.3) is 0 Å². The average molecular weight is 325 g/mol. The molecular formula is C14H12F3N4S+. The molecule has 3 N–H and O–H groups in total. The van der Waals surface area contributed by atoms with E-state index in [9.17, 15) is 13.2 Å². The van der Waals surface area contributed by atoms with Crippen LogP contribution in [0.5, 0.6) is 0 Å². The third-order valence-corrected chi connectivity index (χ3v) is 4.71. The number of thiophene rings is 1. The summed E-state index contributed by atoms with van der Waals surface area (Å²) >= 11 is 1.37. The molecule has 4 nitrogen and oxygen atoms in total. The predicted molar refractivity (Wildman–Crippen MR) is 76.2 cm³/mol. The van der Waals surface area contributed by atoms with Gasteiger partial charge in [0.15, 0.2) is 0 Å². The van der Waals surface area contributed by atoms with Gasteiger partial charge >= 0.3 is 6.18 Å². The van der Waals surface area contributed by atoms with Crippen LogP contribution >= 0.6 is 11.3 Å². The molecular weight excluding hydrogens is 313 g/mol. The molecule has 22 heavy (non-hydrogen) atoms. The number of pyridine rings is 1. The van der Waals surface area contributed by atoms with Gasteiger partial charge in [0, 0.05) is 12.5 Å². The van der Waals surface area contributed by atoms with E-state index < -0.39 is 11.7 Å². The molecule has 1 aliphatic rings. The fraction of sp³-hybridized carbons (Fsp3) is 0.286. The normalized spacial score (nSPS) is 14.5. The minimum atomic E-state index is -4.35. The van der Waals surface area contributed by atoms with Gasteiger partial charge in [0.2, 0.25) is 0 Å². The minimum Gasteiger partial charge on any atom is -0.389 e. The molecule has 1 aliphatic heterocycles. The Morgan fingerprint density at radius 2 is 2.14 bits per heavy atom. The summed E-state index contributed by atoms with van der Waals surface area (Å²) in [5, 5.41) is 9.61. The smallest absolute Gasteiger partial charge is 0.389 e. The topological polar surface area (TPSA) is 67.2 Å². The Kier molecular flexibility index (Phi) is 3.45. The van der Waals surface area contributed by atoms with E-state index in [4.69, 9.17) is 11.0 Å². The monoisotopic (exact) mass is 325 g/mol. The first-order valence-corrected chi connectivity index (χ1v) is 7.36. The summed E-state index contributed by atoms with van der Waals surface area (Å²) in [7, 11) is 0. The fourth-order valence-corrected chi connectivity index (χ4v) is 3.63. The van der Waals surface area contributed by atoms with Crippen LogP contribution in [0, 0.1) is 11.3 Å². The first-order valence-electron chi connectivity index (χ1n) is 6.54. The second kappa shape index (κ2) is 5.18. The quantitative estimate of drug-likeness (QED) is 0.876. The summed E-state index contributed by atoms with van der Waals surface area (Å²) in [4.78, 5) is 5.63. The number of aromatic amines is 1. The number of rotatable bonds is 1. The summed E-state index contributed by atoms with van der Waals surface area (Å²) < 4.78 is 37.7. The molecule has 2 aromatic heterocycles. The Morgan fingerprint density at radius 3 is 2.73 bits per heavy atom. The lowest BCUT2D eigenvalue weighted by Crippen LogP contribution is -2.34. The van der Waals surface area contributed by atoms with Crippen LogP contribution in [0.2, 0.25) is 0 Å². The second-order valence-electron chi connectivity index (χ2n) is 4.99. The van der Waals surface area contributed by atoms with Gasteiger partial charge in [0.25, 0.3) is 5.82 Å². The van der Waals surface area contributed by atoms with Crippen molar-refractivity contribution in [2.24, 2.45) is 0 Å². The highest BCUT2D eigenvalue weighted by atomic mass is 32.1. The molecule has 3 heterocycles. The molecule has 3 rings (SSSR count). The fourth-order valence-electron chi connectivity index (χ4n) is 2.54. The van der Waals surface area contributed by atoms with Crippen molar-refractivity contribution in [1.29, 1.82) is 5.26 Å². The summed E-state index contributed by atoms with van der Waals surface area (Å²) in [5.41, 5.74) is 6.62. The molecule has 0 saturated carbocycles. The van der Waals surface area contributed by atoms with E-state index in [2.05, 4.69) is 11.1 Å². The molecule has 0 spiro atoms. The van der Waals surface area contributed by atoms with E-state index in [0.717, 1.165) is 22.7 Å². The number of nitrogens with zero attached hydrogens (tertiary/aromatic N) is 2. The lowest BCUT2D eigenvalue weighted by molar-refractivity contribution is -0.367. The summed E-state index contributed by atoms with van der Waals surface area (Å²) in [6, 6.07) is 4.60. The maximum atomic E-state index is 12.6. The predicted octanol–water partition coefficient (Wildman–Crippen LogP) is 2.60. The van der Waals surface area contributed by atoms with E-state index >= 15 is 0 Å². The Morgan fingerprint density at radius 1 is 1.36 bits per heavy atom. The van der Waals surface area contributed by atoms with E-state index in [-0.39, 0.29) is 0 Å². The lowest BCUT2D eigenvalue weighted by Gasteiger charge is -2.21. The molecule has 0 atom stereocenters. The first kappa shape index (κ1) is 14.7. The van der Waals surface area contributed by atoms with Gasteiger partial charge in [-0.05, 0) is 11.6 Å². The van der Waals surface area contributed by atoms with Gasteiger partial charge in [-0.2, -0.15) is 18.4 Å². The highest BCUT2D eigenvalue weighted by Crippen LogP contribution is 2.35. The van der Waals surface area contributed by atoms with E-state index in [1.54, 1.807) is 0 Å². The first-order chi connectivity index (χ1) is 10.4. The molecule has 0 radical (unpaired) electrons. The average Bonchev–Trinajstić information content (AvgIpc) is 2.80. The molecule has 8 heteroatoms. The SMILES string of the molecule is N#Cc1c(N)sc2c1CCN(c1ccc(C(F)(F)F)c[nH+]1)C2. The number of hydrogen-bond donors (Lipinski definition) is 1. The standard InChI is InChI=1S/C14H11F3N4S/c15-14(16,17)8-1-2-12(20-6-8)21-4-3-9-10(5-18)13(19)22-11(9)7-21/h1-2,6H,3-4,7,19H2/p+1. The van der Waals surface area contributed by atoms with Gasteiger partial charge in [-0.15, -0.1) is 11.3 Å². The number of nitrogens with two attached hydrogens (primary N) is 1. The molecule has 114 valence electrons. The van der Waals surface area contributed by atoms with Crippen molar-refractivity contribution in [3.05, 3.63) is 39.9 Å². The lowest BCUT2D eigenvalue weighted by atomic mass is 10.0. The largest absolute Gasteiger partial charge is 0.419 e. The van der Waals surface area contributed by atoms with Crippen molar-refractivity contribution < 1.29 is 18.2 Å². The Balaban J connectivity index is 1.85. The molecule has 0 amide bonds. The molecule has 2 aromatic rings. The number of nitriles is 1. The van der Waals surface area contributed by atoms with Gasteiger partial charge in [-0.1, -0.05) is 0 Å². The number of aromatic nitrogens is 1. The van der Waals surface area contributed by atoms with E-state index in [1.165, 1.54) is 17.4 Å². The van der Waals surface area contributed by atoms with Crippen LogP contribution in [0.4, 0.5) is 24.0 Å². The highest BCUT2D eigenvalue weighted by molar-refractivity contribution is 7.16. The van der Waals surface area contributed by atoms with E-state index in [1.807, 2.05) is 4.90 Å². The molecule has 0 aliphatic carbocycles. The van der Waals surface area contributed by atoms with Crippen LogP contribution in [0.15, 0.2) is 18.3 Å². The number of anilines is 2. The number of halogens is 3. The number of nitrogen functional groups attached to an aromatic ring is 1. The van der Waals surface area contributed by atoms with Gasteiger partial charge in [0.05, 0.1) is 22.5 Å². The van der Waals surface area contributed by atoms with Crippen LogP contribution in [0.3, 0.4) is 0 Å². The molecule has 0 bridgehead atoms. The van der Waals surface area contributed by atoms with Gasteiger partial charge in [0.1, 0.15) is 23.8 Å². The molecule has 0 aromatic carbocycles. The Bertz CT molecular complexity index is 743. The zero-order chi connectivity index (χ0) is 15.9. The Hall–Kier alpha value is -2.27. The number of nitrogens with one attached hydrogen (secondary N) is 1. The van der Waals surface area contributed by atoms with Crippen molar-refractivity contribution in [2.45, 2.75) is 19.1 Å². The zero-order valence-electron chi connectivity index (χ0n) is 11.4. The summed E-state index contributed by atoms with van der Waals surface area (Å²) in [5.74, 6) is 0.615. The van der Waals surface area contributed by atoms with Gasteiger partial charge in [-0.25, -0.2) is 4.98 Å². The summed E-state index contributed by atoms with van der Waals surface area (Å²) in [6.45, 7) is 1.16. The Labute approximate surface area is 128 Å². The summed E-state index contributed by atoms with van der Waals surface area (Å²) in [6.07, 6.45) is -2.73. The minimum absolute atomic E-state index is 0.505. The number of alkyl halides is 3. The maximum absolute atomic E-state index is 12.6. The van der Waals surface area contributed by atoms with Crippen molar-refractivity contribution in [3.8, 4) is 6.07 Å². The molecule has 0 unspecified atom stereocenters. The van der Waals surface area contributed by atoms with Crippen LogP contribution in [0.1, 0.15) is 21.6 Å². The van der Waals surface area contributed by atoms with Crippen molar-refractivity contribution in [1.82, 2.24) is 0 Å². The van der Waals surface area contributed by atoms with Crippen molar-refractivity contribution in [3.63, 3.8) is 0 Å². The number of hydrogen-bond acceptors (Lipinski definition) is 4. The van der Waals surface area contributed by atoms with Gasteiger partial charge < -0.3 is 5.73 Å². The second-order valence-corrected chi connectivity index (χ2v) is 6.12. The zero-order valence-corrected chi connectivity index (χ0v) is 12.2. The highest BCUT2D eigenvalue weighted by Gasteiger charge is 2.33. The van der Waals surface area contributed by atoms with Crippen molar-refractivity contribution in [2.75, 3.05) is 17.2 Å². The number of fused-ring (bicyclic) bond motifs is 1. The molecule has 0 fully saturated rings. The third kappa shape index (κ3) is 2.48. The maximum Gasteiger partial charge on any atom is 0.419 e.